The highest BCUT2D eigenvalue weighted by molar-refractivity contribution is 5.83. The van der Waals surface area contributed by atoms with E-state index >= 15 is 0 Å². The zero-order valence-corrected chi connectivity index (χ0v) is 14.5. The summed E-state index contributed by atoms with van der Waals surface area (Å²) in [5.41, 5.74) is 11.6. The Morgan fingerprint density at radius 2 is 1.85 bits per heavy atom. The number of pyridine rings is 1. The van der Waals surface area contributed by atoms with Gasteiger partial charge in [0.15, 0.2) is 0 Å². The van der Waals surface area contributed by atoms with Crippen molar-refractivity contribution in [1.82, 2.24) is 30.2 Å². The van der Waals surface area contributed by atoms with E-state index in [0.717, 1.165) is 28.5 Å². The molecule has 0 bridgehead atoms. The van der Waals surface area contributed by atoms with E-state index in [1.165, 1.54) is 11.1 Å². The molecule has 0 aliphatic carbocycles. The fourth-order valence-electron chi connectivity index (χ4n) is 3.42. The van der Waals surface area contributed by atoms with Crippen molar-refractivity contribution in [2.24, 2.45) is 0 Å². The number of hydrogen-bond acceptors (Lipinski definition) is 5. The average Bonchev–Trinajstić information content (AvgIpc) is 3.29. The molecule has 27 heavy (non-hydrogen) atoms. The van der Waals surface area contributed by atoms with E-state index in [2.05, 4.69) is 44.8 Å². The quantitative estimate of drug-likeness (QED) is 0.516. The Bertz CT molecular complexity index is 1240. The van der Waals surface area contributed by atoms with E-state index in [1.54, 1.807) is 0 Å². The first kappa shape index (κ1) is 15.5. The van der Waals surface area contributed by atoms with Crippen LogP contribution in [0.4, 0.5) is 5.82 Å². The van der Waals surface area contributed by atoms with Crippen LogP contribution in [-0.2, 0) is 13.0 Å². The highest BCUT2D eigenvalue weighted by Crippen LogP contribution is 2.24. The van der Waals surface area contributed by atoms with Gasteiger partial charge in [-0.15, -0.1) is 5.10 Å². The van der Waals surface area contributed by atoms with Crippen molar-refractivity contribution in [3.05, 3.63) is 77.5 Å². The molecular weight excluding hydrogens is 338 g/mol. The topological polar surface area (TPSA) is 98.3 Å². The Labute approximate surface area is 154 Å². The lowest BCUT2D eigenvalue weighted by Gasteiger charge is -2.05. The standard InChI is InChI=1S/C20H17N7/c21-18-10-15(19-20(22-18)24-26-23-19)9-14-7-4-8-17-16(14)12-27(25-17)11-13-5-2-1-3-6-13/h1-8,10,12H,9,11H2,(H3,21,22,23,24,26). The Morgan fingerprint density at radius 3 is 2.74 bits per heavy atom. The lowest BCUT2D eigenvalue weighted by atomic mass is 10.0. The molecule has 0 atom stereocenters. The number of fused-ring (bicyclic) bond motifs is 2. The van der Waals surface area contributed by atoms with E-state index in [1.807, 2.05) is 41.1 Å². The second-order valence-corrected chi connectivity index (χ2v) is 6.54. The summed E-state index contributed by atoms with van der Waals surface area (Å²) >= 11 is 0. The predicted octanol–water partition coefficient (Wildman–Crippen LogP) is 2.92. The van der Waals surface area contributed by atoms with E-state index in [9.17, 15) is 0 Å². The molecule has 7 heteroatoms. The van der Waals surface area contributed by atoms with Crippen LogP contribution in [0.5, 0.6) is 0 Å². The Hall–Kier alpha value is -3.74. The molecule has 132 valence electrons. The summed E-state index contributed by atoms with van der Waals surface area (Å²) in [5.74, 6) is 0.443. The molecule has 3 aromatic heterocycles. The monoisotopic (exact) mass is 355 g/mol. The van der Waals surface area contributed by atoms with Gasteiger partial charge in [0.05, 0.1) is 12.1 Å². The second-order valence-electron chi connectivity index (χ2n) is 6.54. The third-order valence-corrected chi connectivity index (χ3v) is 4.65. The molecule has 0 unspecified atom stereocenters. The first-order chi connectivity index (χ1) is 13.3. The highest BCUT2D eigenvalue weighted by atomic mass is 15.3. The van der Waals surface area contributed by atoms with Gasteiger partial charge >= 0.3 is 0 Å². The van der Waals surface area contributed by atoms with Gasteiger partial charge in [-0.05, 0) is 28.8 Å². The van der Waals surface area contributed by atoms with Gasteiger partial charge in [0.25, 0.3) is 0 Å². The van der Waals surface area contributed by atoms with Crippen molar-refractivity contribution < 1.29 is 0 Å². The third kappa shape index (κ3) is 2.89. The molecule has 0 aliphatic heterocycles. The lowest BCUT2D eigenvalue weighted by molar-refractivity contribution is 0.696. The van der Waals surface area contributed by atoms with Crippen LogP contribution in [0.15, 0.2) is 60.8 Å². The van der Waals surface area contributed by atoms with Gasteiger partial charge in [0.1, 0.15) is 11.3 Å². The first-order valence-electron chi connectivity index (χ1n) is 8.71. The number of benzene rings is 2. The molecule has 0 amide bonds. The van der Waals surface area contributed by atoms with Crippen LogP contribution in [0.2, 0.25) is 0 Å². The van der Waals surface area contributed by atoms with E-state index in [-0.39, 0.29) is 0 Å². The molecule has 0 saturated carbocycles. The number of nitrogens with one attached hydrogen (secondary N) is 1. The van der Waals surface area contributed by atoms with Crippen molar-refractivity contribution in [3.8, 4) is 0 Å². The molecule has 0 saturated heterocycles. The van der Waals surface area contributed by atoms with E-state index in [4.69, 9.17) is 10.8 Å². The van der Waals surface area contributed by atoms with Gasteiger partial charge in [0, 0.05) is 18.0 Å². The van der Waals surface area contributed by atoms with Crippen molar-refractivity contribution in [3.63, 3.8) is 0 Å². The molecule has 0 fully saturated rings. The van der Waals surface area contributed by atoms with Crippen molar-refractivity contribution in [2.75, 3.05) is 5.73 Å². The van der Waals surface area contributed by atoms with Crippen LogP contribution in [0.3, 0.4) is 0 Å². The number of rotatable bonds is 4. The van der Waals surface area contributed by atoms with Crippen LogP contribution in [0, 0.1) is 0 Å². The van der Waals surface area contributed by atoms with Gasteiger partial charge in [-0.3, -0.25) is 4.68 Å². The fourth-order valence-corrected chi connectivity index (χ4v) is 3.42. The van der Waals surface area contributed by atoms with Crippen molar-refractivity contribution in [2.45, 2.75) is 13.0 Å². The largest absolute Gasteiger partial charge is 0.384 e. The summed E-state index contributed by atoms with van der Waals surface area (Å²) < 4.78 is 1.98. The number of aromatic nitrogens is 6. The molecule has 5 aromatic rings. The molecule has 3 heterocycles. The van der Waals surface area contributed by atoms with Gasteiger partial charge in [-0.2, -0.15) is 15.4 Å². The zero-order chi connectivity index (χ0) is 18.2. The molecule has 0 spiro atoms. The lowest BCUT2D eigenvalue weighted by Crippen LogP contribution is -1.99. The number of nitrogen functional groups attached to an aromatic ring is 1. The number of hydrogen-bond donors (Lipinski definition) is 2. The predicted molar refractivity (Wildman–Crippen MR) is 104 cm³/mol. The number of nitrogens with two attached hydrogens (primary N) is 1. The Balaban J connectivity index is 1.54. The minimum absolute atomic E-state index is 0.443. The number of anilines is 1. The first-order valence-corrected chi connectivity index (χ1v) is 8.71. The van der Waals surface area contributed by atoms with Crippen molar-refractivity contribution in [1.29, 1.82) is 0 Å². The van der Waals surface area contributed by atoms with Crippen LogP contribution >= 0.6 is 0 Å². The van der Waals surface area contributed by atoms with Crippen LogP contribution in [-0.4, -0.2) is 30.2 Å². The molecule has 7 nitrogen and oxygen atoms in total. The number of aromatic amines is 1. The summed E-state index contributed by atoms with van der Waals surface area (Å²) in [7, 11) is 0. The SMILES string of the molecule is Nc1cc(Cc2cccc3nn(Cc4ccccc4)cc23)c2n[nH]nc2n1. The minimum Gasteiger partial charge on any atom is -0.384 e. The minimum atomic E-state index is 0.443. The fraction of sp³-hybridized carbons (Fsp3) is 0.100. The maximum atomic E-state index is 5.93. The summed E-state index contributed by atoms with van der Waals surface area (Å²) in [6.45, 7) is 0.741. The molecule has 0 aliphatic rings. The van der Waals surface area contributed by atoms with Crippen LogP contribution in [0.25, 0.3) is 22.1 Å². The maximum absolute atomic E-state index is 5.93. The highest BCUT2D eigenvalue weighted by Gasteiger charge is 2.12. The second kappa shape index (κ2) is 6.21. The third-order valence-electron chi connectivity index (χ3n) is 4.65. The average molecular weight is 355 g/mol. The molecular formula is C20H17N7. The number of nitrogens with zero attached hydrogens (tertiary/aromatic N) is 5. The Kier molecular flexibility index (Phi) is 3.57. The van der Waals surface area contributed by atoms with Gasteiger partial charge in [-0.1, -0.05) is 42.5 Å². The van der Waals surface area contributed by atoms with Gasteiger partial charge in [-0.25, -0.2) is 4.98 Å². The summed E-state index contributed by atoms with van der Waals surface area (Å²) in [5, 5.41) is 16.7. The maximum Gasteiger partial charge on any atom is 0.203 e. The van der Waals surface area contributed by atoms with Crippen LogP contribution < -0.4 is 5.73 Å². The van der Waals surface area contributed by atoms with Crippen LogP contribution in [0.1, 0.15) is 16.7 Å². The summed E-state index contributed by atoms with van der Waals surface area (Å²) in [6.07, 6.45) is 2.78. The van der Waals surface area contributed by atoms with Gasteiger partial charge < -0.3 is 5.73 Å². The summed E-state index contributed by atoms with van der Waals surface area (Å²) in [6, 6.07) is 18.4. The van der Waals surface area contributed by atoms with E-state index < -0.39 is 0 Å². The normalized spacial score (nSPS) is 11.4. The zero-order valence-electron chi connectivity index (χ0n) is 14.5. The molecule has 3 N–H and O–H groups in total. The Morgan fingerprint density at radius 1 is 0.963 bits per heavy atom. The number of H-pyrrole nitrogens is 1. The molecule has 5 rings (SSSR count). The smallest absolute Gasteiger partial charge is 0.203 e. The molecule has 0 radical (unpaired) electrons. The van der Waals surface area contributed by atoms with E-state index in [0.29, 0.717) is 17.9 Å². The molecule has 2 aromatic carbocycles. The van der Waals surface area contributed by atoms with Crippen molar-refractivity contribution >= 4 is 27.9 Å². The summed E-state index contributed by atoms with van der Waals surface area (Å²) in [4.78, 5) is 4.21. The van der Waals surface area contributed by atoms with Gasteiger partial charge in [0.2, 0.25) is 5.65 Å².